The molecule has 37 heavy (non-hydrogen) atoms. The molecular formula is C25H27F5N2O4S. The summed E-state index contributed by atoms with van der Waals surface area (Å²) in [5, 5.41) is 9.31. The quantitative estimate of drug-likeness (QED) is 0.283. The zero-order chi connectivity index (χ0) is 27.1. The molecule has 0 atom stereocenters. The van der Waals surface area contributed by atoms with Crippen LogP contribution in [0.15, 0.2) is 53.4 Å². The summed E-state index contributed by atoms with van der Waals surface area (Å²) >= 11 is 0. The summed E-state index contributed by atoms with van der Waals surface area (Å²) in [6.07, 6.45) is -5.21. The van der Waals surface area contributed by atoms with Gasteiger partial charge in [0.1, 0.15) is 0 Å². The molecule has 2 aromatic carbocycles. The SMILES string of the molecule is O=C(NO)C1(S(=O)(=O)c2ccc(-c3ccc(CCC(F)(F)C(F)(F)F)cc3)cc2)CCN(C2CC2)CC1. The molecule has 2 aromatic rings. The van der Waals surface area contributed by atoms with E-state index in [-0.39, 0.29) is 17.7 Å². The van der Waals surface area contributed by atoms with Crippen molar-refractivity contribution in [3.63, 3.8) is 0 Å². The zero-order valence-corrected chi connectivity index (χ0v) is 20.6. The number of nitrogens with one attached hydrogen (secondary N) is 1. The molecule has 202 valence electrons. The number of likely N-dealkylation sites (tertiary alicyclic amines) is 1. The first-order chi connectivity index (χ1) is 17.3. The molecule has 1 aliphatic heterocycles. The Labute approximate surface area is 211 Å². The Hall–Kier alpha value is -2.57. The number of carbonyl (C=O) groups is 1. The zero-order valence-electron chi connectivity index (χ0n) is 19.8. The molecule has 1 saturated carbocycles. The van der Waals surface area contributed by atoms with Crippen LogP contribution in [0.4, 0.5) is 22.0 Å². The normalized spacial score (nSPS) is 19.0. The Morgan fingerprint density at radius 3 is 1.92 bits per heavy atom. The first-order valence-corrected chi connectivity index (χ1v) is 13.4. The van der Waals surface area contributed by atoms with E-state index in [4.69, 9.17) is 0 Å². The van der Waals surface area contributed by atoms with E-state index in [1.165, 1.54) is 41.9 Å². The van der Waals surface area contributed by atoms with Crippen LogP contribution in [0.2, 0.25) is 0 Å². The highest BCUT2D eigenvalue weighted by Crippen LogP contribution is 2.40. The number of nitrogens with zero attached hydrogens (tertiary/aromatic N) is 1. The van der Waals surface area contributed by atoms with Gasteiger partial charge in [0.05, 0.1) is 4.90 Å². The van der Waals surface area contributed by atoms with E-state index >= 15 is 0 Å². The Bertz CT molecular complexity index is 1220. The van der Waals surface area contributed by atoms with Crippen molar-refractivity contribution in [3.8, 4) is 11.1 Å². The van der Waals surface area contributed by atoms with E-state index < -0.39 is 45.4 Å². The van der Waals surface area contributed by atoms with Gasteiger partial charge in [-0.1, -0.05) is 36.4 Å². The van der Waals surface area contributed by atoms with E-state index in [9.17, 15) is 40.4 Å². The van der Waals surface area contributed by atoms with E-state index in [2.05, 4.69) is 4.90 Å². The van der Waals surface area contributed by atoms with Gasteiger partial charge in [-0.25, -0.2) is 13.9 Å². The monoisotopic (exact) mass is 546 g/mol. The molecule has 1 saturated heterocycles. The fourth-order valence-corrected chi connectivity index (χ4v) is 6.72. The highest BCUT2D eigenvalue weighted by molar-refractivity contribution is 7.93. The molecule has 6 nitrogen and oxygen atoms in total. The number of amides is 1. The number of piperidine rings is 1. The molecule has 4 rings (SSSR count). The van der Waals surface area contributed by atoms with Crippen molar-refractivity contribution in [2.75, 3.05) is 13.1 Å². The molecule has 0 radical (unpaired) electrons. The lowest BCUT2D eigenvalue weighted by atomic mass is 9.94. The van der Waals surface area contributed by atoms with Crippen molar-refractivity contribution >= 4 is 15.7 Å². The minimum atomic E-state index is -5.60. The summed E-state index contributed by atoms with van der Waals surface area (Å²) in [5.74, 6) is -5.73. The van der Waals surface area contributed by atoms with Crippen LogP contribution in [0.1, 0.15) is 37.7 Å². The number of rotatable bonds is 8. The summed E-state index contributed by atoms with van der Waals surface area (Å²) < 4.78 is 88.8. The molecule has 0 bridgehead atoms. The van der Waals surface area contributed by atoms with Crippen LogP contribution >= 0.6 is 0 Å². The maximum Gasteiger partial charge on any atom is 0.453 e. The topological polar surface area (TPSA) is 86.7 Å². The lowest BCUT2D eigenvalue weighted by Crippen LogP contribution is -2.58. The van der Waals surface area contributed by atoms with Gasteiger partial charge in [0.2, 0.25) is 0 Å². The molecule has 1 aliphatic carbocycles. The van der Waals surface area contributed by atoms with Crippen molar-refractivity contribution < 1.29 is 40.4 Å². The van der Waals surface area contributed by atoms with Crippen molar-refractivity contribution in [2.24, 2.45) is 0 Å². The average molecular weight is 547 g/mol. The average Bonchev–Trinajstić information content (AvgIpc) is 3.72. The second-order valence-electron chi connectivity index (χ2n) is 9.63. The van der Waals surface area contributed by atoms with E-state index in [1.807, 2.05) is 0 Å². The van der Waals surface area contributed by atoms with Gasteiger partial charge in [0.25, 0.3) is 5.91 Å². The number of hydrogen-bond donors (Lipinski definition) is 2. The van der Waals surface area contributed by atoms with Crippen molar-refractivity contribution in [1.82, 2.24) is 10.4 Å². The molecule has 0 unspecified atom stereocenters. The number of halogens is 5. The third kappa shape index (κ3) is 5.37. The fourth-order valence-electron chi connectivity index (χ4n) is 4.77. The molecule has 1 heterocycles. The Balaban J connectivity index is 1.49. The van der Waals surface area contributed by atoms with Crippen LogP contribution in [0, 0.1) is 0 Å². The van der Waals surface area contributed by atoms with Crippen molar-refractivity contribution in [2.45, 2.75) is 66.3 Å². The fraction of sp³-hybridized carbons (Fsp3) is 0.480. The van der Waals surface area contributed by atoms with Crippen LogP contribution < -0.4 is 5.48 Å². The standard InChI is InChI=1S/C25H27F5N2O4S/c26-24(27,25(28,29)30)12-11-17-1-3-18(4-2-17)19-5-9-21(10-6-19)37(35,36)23(22(33)31-34)13-15-32(16-14-23)20-7-8-20/h1-6,9-10,20,34H,7-8,11-16H2,(H,31,33). The Morgan fingerprint density at radius 2 is 1.46 bits per heavy atom. The van der Waals surface area contributed by atoms with E-state index in [1.54, 1.807) is 12.1 Å². The number of aryl methyl sites for hydroxylation is 1. The lowest BCUT2D eigenvalue weighted by molar-refractivity contribution is -0.284. The van der Waals surface area contributed by atoms with Gasteiger partial charge in [0.15, 0.2) is 14.6 Å². The summed E-state index contributed by atoms with van der Waals surface area (Å²) in [7, 11) is -4.16. The molecule has 0 spiro atoms. The smallest absolute Gasteiger partial charge is 0.300 e. The Morgan fingerprint density at radius 1 is 0.946 bits per heavy atom. The summed E-state index contributed by atoms with van der Waals surface area (Å²) in [6.45, 7) is 0.854. The van der Waals surface area contributed by atoms with Crippen molar-refractivity contribution in [1.29, 1.82) is 0 Å². The second-order valence-corrected chi connectivity index (χ2v) is 11.9. The van der Waals surface area contributed by atoms with Crippen LogP contribution in [-0.2, 0) is 21.1 Å². The Kier molecular flexibility index (Phi) is 7.39. The predicted molar refractivity (Wildman–Crippen MR) is 125 cm³/mol. The van der Waals surface area contributed by atoms with Gasteiger partial charge in [-0.3, -0.25) is 10.0 Å². The highest BCUT2D eigenvalue weighted by Gasteiger charge is 2.56. The number of carbonyl (C=O) groups excluding carboxylic acids is 1. The van der Waals surface area contributed by atoms with Crippen LogP contribution in [-0.4, -0.2) is 60.4 Å². The number of alkyl halides is 5. The summed E-state index contributed by atoms with van der Waals surface area (Å²) in [5.41, 5.74) is 3.04. The van der Waals surface area contributed by atoms with Gasteiger partial charge in [-0.05, 0) is 60.9 Å². The van der Waals surface area contributed by atoms with Crippen molar-refractivity contribution in [3.05, 3.63) is 54.1 Å². The third-order valence-corrected chi connectivity index (χ3v) is 9.81. The minimum Gasteiger partial charge on any atom is -0.300 e. The number of hydroxylamine groups is 1. The van der Waals surface area contributed by atoms with Crippen LogP contribution in [0.3, 0.4) is 0 Å². The second kappa shape index (κ2) is 9.95. The first-order valence-electron chi connectivity index (χ1n) is 11.9. The van der Waals surface area contributed by atoms with Gasteiger partial charge in [-0.2, -0.15) is 22.0 Å². The first kappa shape index (κ1) is 27.5. The number of benzene rings is 2. The molecule has 2 aliphatic rings. The molecule has 12 heteroatoms. The van der Waals surface area contributed by atoms with Crippen LogP contribution in [0.5, 0.6) is 0 Å². The number of sulfone groups is 1. The highest BCUT2D eigenvalue weighted by atomic mass is 32.2. The largest absolute Gasteiger partial charge is 0.453 e. The van der Waals surface area contributed by atoms with Crippen LogP contribution in [0.25, 0.3) is 11.1 Å². The van der Waals surface area contributed by atoms with Gasteiger partial charge in [0, 0.05) is 25.6 Å². The van der Waals surface area contributed by atoms with E-state index in [0.717, 1.165) is 12.8 Å². The predicted octanol–water partition coefficient (Wildman–Crippen LogP) is 4.76. The number of hydrogen-bond acceptors (Lipinski definition) is 5. The molecule has 0 aromatic heterocycles. The molecule has 2 fully saturated rings. The van der Waals surface area contributed by atoms with Gasteiger partial charge >= 0.3 is 12.1 Å². The summed E-state index contributed by atoms with van der Waals surface area (Å²) in [4.78, 5) is 14.7. The van der Waals surface area contributed by atoms with Gasteiger partial charge < -0.3 is 4.90 Å². The molecular weight excluding hydrogens is 519 g/mol. The van der Waals surface area contributed by atoms with E-state index in [0.29, 0.717) is 35.8 Å². The summed E-state index contributed by atoms with van der Waals surface area (Å²) in [6, 6.07) is 12.2. The maximum atomic E-state index is 13.6. The third-order valence-electron chi connectivity index (χ3n) is 7.29. The molecule has 2 N–H and O–H groups in total. The van der Waals surface area contributed by atoms with Gasteiger partial charge in [-0.15, -0.1) is 0 Å². The minimum absolute atomic E-state index is 0.0504. The maximum absolute atomic E-state index is 13.6. The molecule has 1 amide bonds. The lowest BCUT2D eigenvalue weighted by Gasteiger charge is -2.39.